The first-order valence-electron chi connectivity index (χ1n) is 7.17. The Morgan fingerprint density at radius 1 is 1.21 bits per heavy atom. The number of carboxylic acid groups (broad SMARTS) is 1. The Kier molecular flexibility index (Phi) is 4.11. The van der Waals surface area contributed by atoms with Gasteiger partial charge in [-0.1, -0.05) is 30.3 Å². The van der Waals surface area contributed by atoms with Crippen LogP contribution < -0.4 is 5.32 Å². The van der Waals surface area contributed by atoms with E-state index in [0.29, 0.717) is 12.2 Å². The average molecular weight is 325 g/mol. The Morgan fingerprint density at radius 3 is 2.67 bits per heavy atom. The smallest absolute Gasteiger partial charge is 0.339 e. The lowest BCUT2D eigenvalue weighted by atomic mass is 10.2. The number of anilines is 1. The van der Waals surface area contributed by atoms with E-state index >= 15 is 0 Å². The molecular weight excluding hydrogens is 310 g/mol. The Hall–Kier alpha value is -3.42. The number of benzene rings is 1. The van der Waals surface area contributed by atoms with E-state index in [2.05, 4.69) is 15.5 Å². The van der Waals surface area contributed by atoms with Crippen molar-refractivity contribution in [3.05, 3.63) is 65.7 Å². The van der Waals surface area contributed by atoms with Crippen LogP contribution in [0.4, 0.5) is 5.69 Å². The standard InChI is InChI=1S/C16H15N5O3/c1-20-10-13(16(23)24)14(19-20)15(22)18-12-7-17-21(9-12)8-11-5-3-2-4-6-11/h2-7,9-10H,8H2,1H3,(H,18,22)(H,23,24). The summed E-state index contributed by atoms with van der Waals surface area (Å²) in [5.74, 6) is -1.79. The minimum absolute atomic E-state index is 0.138. The van der Waals surface area contributed by atoms with Crippen molar-refractivity contribution < 1.29 is 14.7 Å². The van der Waals surface area contributed by atoms with E-state index in [1.165, 1.54) is 17.1 Å². The number of rotatable bonds is 5. The number of aryl methyl sites for hydroxylation is 1. The Balaban J connectivity index is 1.73. The van der Waals surface area contributed by atoms with Gasteiger partial charge in [0.2, 0.25) is 0 Å². The van der Waals surface area contributed by atoms with Crippen LogP contribution in [0.2, 0.25) is 0 Å². The molecule has 8 nitrogen and oxygen atoms in total. The second-order valence-electron chi connectivity index (χ2n) is 5.24. The van der Waals surface area contributed by atoms with E-state index in [1.54, 1.807) is 17.9 Å². The zero-order chi connectivity index (χ0) is 17.1. The highest BCUT2D eigenvalue weighted by Gasteiger charge is 2.21. The first kappa shape index (κ1) is 15.5. The highest BCUT2D eigenvalue weighted by atomic mass is 16.4. The number of carbonyl (C=O) groups excluding carboxylic acids is 1. The zero-order valence-electron chi connectivity index (χ0n) is 12.9. The number of aromatic nitrogens is 4. The Labute approximate surface area is 137 Å². The number of carboxylic acids is 1. The van der Waals surface area contributed by atoms with Crippen LogP contribution in [0.3, 0.4) is 0 Å². The molecule has 122 valence electrons. The molecule has 3 aromatic rings. The molecule has 3 rings (SSSR count). The van der Waals surface area contributed by atoms with Crippen LogP contribution in [0.5, 0.6) is 0 Å². The van der Waals surface area contributed by atoms with Crippen molar-refractivity contribution in [2.45, 2.75) is 6.54 Å². The van der Waals surface area contributed by atoms with Crippen molar-refractivity contribution in [2.24, 2.45) is 7.05 Å². The lowest BCUT2D eigenvalue weighted by Crippen LogP contribution is -2.16. The summed E-state index contributed by atoms with van der Waals surface area (Å²) in [6, 6.07) is 9.77. The minimum Gasteiger partial charge on any atom is -0.478 e. The van der Waals surface area contributed by atoms with Crippen molar-refractivity contribution in [3.8, 4) is 0 Å². The maximum atomic E-state index is 12.2. The van der Waals surface area contributed by atoms with Crippen LogP contribution in [0, 0.1) is 0 Å². The summed E-state index contributed by atoms with van der Waals surface area (Å²) >= 11 is 0. The van der Waals surface area contributed by atoms with Crippen LogP contribution in [0.15, 0.2) is 48.9 Å². The van der Waals surface area contributed by atoms with E-state index in [9.17, 15) is 9.59 Å². The molecule has 0 aliphatic heterocycles. The summed E-state index contributed by atoms with van der Waals surface area (Å²) in [6.45, 7) is 0.570. The molecule has 0 atom stereocenters. The van der Waals surface area contributed by atoms with Crippen molar-refractivity contribution in [3.63, 3.8) is 0 Å². The normalized spacial score (nSPS) is 10.5. The van der Waals surface area contributed by atoms with Gasteiger partial charge in [-0.05, 0) is 5.56 Å². The maximum absolute atomic E-state index is 12.2. The molecule has 1 aromatic carbocycles. The third kappa shape index (κ3) is 3.32. The third-order valence-corrected chi connectivity index (χ3v) is 3.35. The molecule has 0 saturated carbocycles. The van der Waals surface area contributed by atoms with Gasteiger partial charge < -0.3 is 10.4 Å². The van der Waals surface area contributed by atoms with Gasteiger partial charge in [0, 0.05) is 19.4 Å². The van der Waals surface area contributed by atoms with Crippen molar-refractivity contribution >= 4 is 17.6 Å². The molecule has 2 aromatic heterocycles. The number of amides is 1. The molecule has 0 fully saturated rings. The molecule has 2 N–H and O–H groups in total. The minimum atomic E-state index is -1.20. The van der Waals surface area contributed by atoms with E-state index in [0.717, 1.165) is 5.56 Å². The van der Waals surface area contributed by atoms with Crippen molar-refractivity contribution in [2.75, 3.05) is 5.32 Å². The summed E-state index contributed by atoms with van der Waals surface area (Å²) in [5.41, 5.74) is 1.27. The second-order valence-corrected chi connectivity index (χ2v) is 5.24. The molecule has 0 bridgehead atoms. The zero-order valence-corrected chi connectivity index (χ0v) is 12.9. The fraction of sp³-hybridized carbons (Fsp3) is 0.125. The lowest BCUT2D eigenvalue weighted by molar-refractivity contribution is 0.0692. The highest BCUT2D eigenvalue weighted by molar-refractivity contribution is 6.09. The van der Waals surface area contributed by atoms with Gasteiger partial charge in [-0.3, -0.25) is 14.2 Å². The monoisotopic (exact) mass is 325 g/mol. The fourth-order valence-corrected chi connectivity index (χ4v) is 2.29. The molecule has 0 unspecified atom stereocenters. The molecule has 2 heterocycles. The number of nitrogens with one attached hydrogen (secondary N) is 1. The van der Waals surface area contributed by atoms with E-state index < -0.39 is 11.9 Å². The van der Waals surface area contributed by atoms with E-state index in [-0.39, 0.29) is 11.3 Å². The molecule has 0 spiro atoms. The van der Waals surface area contributed by atoms with Crippen LogP contribution >= 0.6 is 0 Å². The Morgan fingerprint density at radius 2 is 1.96 bits per heavy atom. The van der Waals surface area contributed by atoms with Gasteiger partial charge in [-0.25, -0.2) is 4.79 Å². The van der Waals surface area contributed by atoms with Gasteiger partial charge in [0.15, 0.2) is 5.69 Å². The summed E-state index contributed by atoms with van der Waals surface area (Å²) in [7, 11) is 1.56. The molecule has 24 heavy (non-hydrogen) atoms. The topological polar surface area (TPSA) is 102 Å². The number of aromatic carboxylic acids is 1. The lowest BCUT2D eigenvalue weighted by Gasteiger charge is -2.02. The second kappa shape index (κ2) is 6.37. The van der Waals surface area contributed by atoms with Gasteiger partial charge in [0.1, 0.15) is 5.56 Å². The number of nitrogens with zero attached hydrogens (tertiary/aromatic N) is 4. The number of carbonyl (C=O) groups is 2. The van der Waals surface area contributed by atoms with Crippen LogP contribution in [0.25, 0.3) is 0 Å². The van der Waals surface area contributed by atoms with Gasteiger partial charge in [0.25, 0.3) is 5.91 Å². The fourth-order valence-electron chi connectivity index (χ4n) is 2.29. The quantitative estimate of drug-likeness (QED) is 0.742. The van der Waals surface area contributed by atoms with Gasteiger partial charge in [0.05, 0.1) is 18.4 Å². The van der Waals surface area contributed by atoms with Gasteiger partial charge >= 0.3 is 5.97 Å². The molecule has 8 heteroatoms. The average Bonchev–Trinajstić information content (AvgIpc) is 3.15. The van der Waals surface area contributed by atoms with Gasteiger partial charge in [-0.2, -0.15) is 10.2 Å². The molecule has 0 saturated heterocycles. The van der Waals surface area contributed by atoms with Gasteiger partial charge in [-0.15, -0.1) is 0 Å². The first-order valence-corrected chi connectivity index (χ1v) is 7.17. The molecular formula is C16H15N5O3. The van der Waals surface area contributed by atoms with Crippen molar-refractivity contribution in [1.82, 2.24) is 19.6 Å². The molecule has 1 amide bonds. The Bertz CT molecular complexity index is 882. The van der Waals surface area contributed by atoms with Crippen LogP contribution in [-0.2, 0) is 13.6 Å². The summed E-state index contributed by atoms with van der Waals surface area (Å²) < 4.78 is 2.97. The maximum Gasteiger partial charge on any atom is 0.339 e. The highest BCUT2D eigenvalue weighted by Crippen LogP contribution is 2.12. The molecule has 0 aliphatic carbocycles. The summed E-state index contributed by atoms with van der Waals surface area (Å²) in [4.78, 5) is 23.4. The SMILES string of the molecule is Cn1cc(C(=O)O)c(C(=O)Nc2cnn(Cc3ccccc3)c2)n1. The molecule has 0 radical (unpaired) electrons. The first-order chi connectivity index (χ1) is 11.5. The van der Waals surface area contributed by atoms with E-state index in [1.807, 2.05) is 30.3 Å². The number of hydrogen-bond donors (Lipinski definition) is 2. The van der Waals surface area contributed by atoms with Crippen LogP contribution in [-0.4, -0.2) is 36.5 Å². The predicted octanol–water partition coefficient (Wildman–Crippen LogP) is 1.62. The van der Waals surface area contributed by atoms with Crippen molar-refractivity contribution in [1.29, 1.82) is 0 Å². The van der Waals surface area contributed by atoms with E-state index in [4.69, 9.17) is 5.11 Å². The van der Waals surface area contributed by atoms with Crippen LogP contribution in [0.1, 0.15) is 26.4 Å². The summed E-state index contributed by atoms with van der Waals surface area (Å²) in [6.07, 6.45) is 4.47. The molecule has 0 aliphatic rings. The predicted molar refractivity (Wildman–Crippen MR) is 85.9 cm³/mol. The summed E-state index contributed by atoms with van der Waals surface area (Å²) in [5, 5.41) is 19.8. The number of hydrogen-bond acceptors (Lipinski definition) is 4. The largest absolute Gasteiger partial charge is 0.478 e. The third-order valence-electron chi connectivity index (χ3n) is 3.35.